The van der Waals surface area contributed by atoms with E-state index in [1.807, 2.05) is 0 Å². The van der Waals surface area contributed by atoms with Crippen LogP contribution in [0.5, 0.6) is 0 Å². The standard InChI is InChI=1S/C15H25NO4/c1-20-10-9-15(7-2-8-15)16-13(17)11-3-5-12(6-4-11)14(18)19/h11-12H,2-10H2,1H3,(H,16,17)(H,18,19). The van der Waals surface area contributed by atoms with E-state index in [0.29, 0.717) is 32.3 Å². The summed E-state index contributed by atoms with van der Waals surface area (Å²) in [5, 5.41) is 12.2. The van der Waals surface area contributed by atoms with Crippen LogP contribution in [0.25, 0.3) is 0 Å². The Kier molecular flexibility index (Phi) is 5.02. The summed E-state index contributed by atoms with van der Waals surface area (Å²) in [4.78, 5) is 23.3. The number of hydrogen-bond donors (Lipinski definition) is 2. The molecular formula is C15H25NO4. The van der Waals surface area contributed by atoms with E-state index in [-0.39, 0.29) is 23.3 Å². The number of carbonyl (C=O) groups excluding carboxylic acids is 1. The number of carbonyl (C=O) groups is 2. The van der Waals surface area contributed by atoms with Crippen LogP contribution in [0.2, 0.25) is 0 Å². The van der Waals surface area contributed by atoms with Gasteiger partial charge in [-0.2, -0.15) is 0 Å². The zero-order valence-corrected chi connectivity index (χ0v) is 12.2. The van der Waals surface area contributed by atoms with Crippen molar-refractivity contribution in [2.45, 2.75) is 56.9 Å². The van der Waals surface area contributed by atoms with Crippen molar-refractivity contribution >= 4 is 11.9 Å². The first-order valence-electron chi connectivity index (χ1n) is 7.60. The molecule has 0 aromatic carbocycles. The van der Waals surface area contributed by atoms with Crippen LogP contribution in [0.4, 0.5) is 0 Å². The van der Waals surface area contributed by atoms with E-state index in [0.717, 1.165) is 25.7 Å². The lowest BCUT2D eigenvalue weighted by molar-refractivity contribution is -0.144. The Morgan fingerprint density at radius 2 is 1.80 bits per heavy atom. The summed E-state index contributed by atoms with van der Waals surface area (Å²) in [7, 11) is 1.68. The van der Waals surface area contributed by atoms with Crippen molar-refractivity contribution in [3.05, 3.63) is 0 Å². The molecule has 0 unspecified atom stereocenters. The van der Waals surface area contributed by atoms with Crippen LogP contribution < -0.4 is 5.32 Å². The number of carboxylic acids is 1. The number of nitrogens with one attached hydrogen (secondary N) is 1. The number of amides is 1. The molecule has 5 nitrogen and oxygen atoms in total. The molecular weight excluding hydrogens is 258 g/mol. The molecule has 2 N–H and O–H groups in total. The first kappa shape index (κ1) is 15.3. The first-order valence-corrected chi connectivity index (χ1v) is 7.60. The largest absolute Gasteiger partial charge is 0.481 e. The van der Waals surface area contributed by atoms with Gasteiger partial charge in [0.05, 0.1) is 5.92 Å². The second kappa shape index (κ2) is 6.57. The Morgan fingerprint density at radius 1 is 1.20 bits per heavy atom. The quantitative estimate of drug-likeness (QED) is 0.781. The molecule has 2 aliphatic carbocycles. The fourth-order valence-electron chi connectivity index (χ4n) is 3.30. The van der Waals surface area contributed by atoms with Gasteiger partial charge in [-0.15, -0.1) is 0 Å². The van der Waals surface area contributed by atoms with Crippen molar-refractivity contribution in [2.75, 3.05) is 13.7 Å². The number of carboxylic acid groups (broad SMARTS) is 1. The van der Waals surface area contributed by atoms with Crippen molar-refractivity contribution in [3.8, 4) is 0 Å². The third-order valence-electron chi connectivity index (χ3n) is 4.93. The first-order chi connectivity index (χ1) is 9.56. The Morgan fingerprint density at radius 3 is 2.25 bits per heavy atom. The molecule has 2 aliphatic rings. The van der Waals surface area contributed by atoms with E-state index in [2.05, 4.69) is 5.32 Å². The minimum atomic E-state index is -0.723. The van der Waals surface area contributed by atoms with Gasteiger partial charge in [-0.3, -0.25) is 9.59 Å². The molecule has 0 radical (unpaired) electrons. The predicted octanol–water partition coefficient (Wildman–Crippen LogP) is 1.95. The molecule has 0 saturated heterocycles. The van der Waals surface area contributed by atoms with Crippen LogP contribution in [0.1, 0.15) is 51.4 Å². The van der Waals surface area contributed by atoms with Gasteiger partial charge in [0.15, 0.2) is 0 Å². The molecule has 0 aliphatic heterocycles. The summed E-state index contributed by atoms with van der Waals surface area (Å²) in [6, 6.07) is 0. The van der Waals surface area contributed by atoms with Crippen LogP contribution >= 0.6 is 0 Å². The lowest BCUT2D eigenvalue weighted by Gasteiger charge is -2.43. The van der Waals surface area contributed by atoms with Crippen molar-refractivity contribution in [3.63, 3.8) is 0 Å². The van der Waals surface area contributed by atoms with Gasteiger partial charge in [-0.25, -0.2) is 0 Å². The van der Waals surface area contributed by atoms with Crippen LogP contribution in [0.15, 0.2) is 0 Å². The number of hydrogen-bond acceptors (Lipinski definition) is 3. The normalized spacial score (nSPS) is 28.4. The Balaban J connectivity index is 1.81. The Hall–Kier alpha value is -1.10. The topological polar surface area (TPSA) is 75.6 Å². The summed E-state index contributed by atoms with van der Waals surface area (Å²) >= 11 is 0. The van der Waals surface area contributed by atoms with E-state index in [9.17, 15) is 9.59 Å². The maximum Gasteiger partial charge on any atom is 0.306 e. The summed E-state index contributed by atoms with van der Waals surface area (Å²) in [6.07, 6.45) is 6.75. The summed E-state index contributed by atoms with van der Waals surface area (Å²) in [6.45, 7) is 0.673. The molecule has 2 fully saturated rings. The third-order valence-corrected chi connectivity index (χ3v) is 4.93. The summed E-state index contributed by atoms with van der Waals surface area (Å²) < 4.78 is 5.12. The monoisotopic (exact) mass is 283 g/mol. The van der Waals surface area contributed by atoms with Crippen molar-refractivity contribution in [1.29, 1.82) is 0 Å². The minimum Gasteiger partial charge on any atom is -0.481 e. The van der Waals surface area contributed by atoms with E-state index < -0.39 is 5.97 Å². The molecule has 0 atom stereocenters. The van der Waals surface area contributed by atoms with Crippen LogP contribution in [-0.4, -0.2) is 36.2 Å². The van der Waals surface area contributed by atoms with Crippen LogP contribution in [0.3, 0.4) is 0 Å². The van der Waals surface area contributed by atoms with E-state index in [1.165, 1.54) is 0 Å². The fourth-order valence-corrected chi connectivity index (χ4v) is 3.30. The second-order valence-electron chi connectivity index (χ2n) is 6.25. The van der Waals surface area contributed by atoms with Gasteiger partial charge in [-0.05, 0) is 51.4 Å². The van der Waals surface area contributed by atoms with Crippen molar-refractivity contribution in [1.82, 2.24) is 5.32 Å². The Bertz CT molecular complexity index is 357. The van der Waals surface area contributed by atoms with Crippen molar-refractivity contribution < 1.29 is 19.4 Å². The molecule has 2 rings (SSSR count). The van der Waals surface area contributed by atoms with E-state index in [4.69, 9.17) is 9.84 Å². The second-order valence-corrected chi connectivity index (χ2v) is 6.25. The molecule has 0 heterocycles. The molecule has 0 aromatic heterocycles. The Labute approximate surface area is 120 Å². The number of aliphatic carboxylic acids is 1. The maximum absolute atomic E-state index is 12.3. The molecule has 5 heteroatoms. The maximum atomic E-state index is 12.3. The van der Waals surface area contributed by atoms with E-state index in [1.54, 1.807) is 7.11 Å². The van der Waals surface area contributed by atoms with Crippen LogP contribution in [0, 0.1) is 11.8 Å². The van der Waals surface area contributed by atoms with Crippen LogP contribution in [-0.2, 0) is 14.3 Å². The van der Waals surface area contributed by atoms with Gasteiger partial charge in [0, 0.05) is 25.2 Å². The molecule has 0 bridgehead atoms. The number of rotatable bonds is 6. The molecule has 114 valence electrons. The molecule has 2 saturated carbocycles. The van der Waals surface area contributed by atoms with Crippen molar-refractivity contribution in [2.24, 2.45) is 11.8 Å². The van der Waals surface area contributed by atoms with E-state index >= 15 is 0 Å². The molecule has 20 heavy (non-hydrogen) atoms. The molecule has 0 spiro atoms. The number of ether oxygens (including phenoxy) is 1. The van der Waals surface area contributed by atoms with Gasteiger partial charge in [0.25, 0.3) is 0 Å². The van der Waals surface area contributed by atoms with Gasteiger partial charge in [-0.1, -0.05) is 0 Å². The highest BCUT2D eigenvalue weighted by molar-refractivity contribution is 5.80. The van der Waals surface area contributed by atoms with Gasteiger partial charge in [0.1, 0.15) is 0 Å². The summed E-state index contributed by atoms with van der Waals surface area (Å²) in [5.74, 6) is -0.875. The number of methoxy groups -OCH3 is 1. The zero-order valence-electron chi connectivity index (χ0n) is 12.2. The average molecular weight is 283 g/mol. The minimum absolute atomic E-state index is 0.00869. The highest BCUT2D eigenvalue weighted by atomic mass is 16.5. The highest BCUT2D eigenvalue weighted by Gasteiger charge is 2.40. The molecule has 1 amide bonds. The fraction of sp³-hybridized carbons (Fsp3) is 0.867. The van der Waals surface area contributed by atoms with Gasteiger partial charge >= 0.3 is 5.97 Å². The smallest absolute Gasteiger partial charge is 0.306 e. The third kappa shape index (κ3) is 3.51. The summed E-state index contributed by atoms with van der Waals surface area (Å²) in [5.41, 5.74) is -0.0588. The SMILES string of the molecule is COCCC1(NC(=O)C2CCC(C(=O)O)CC2)CCC1. The van der Waals surface area contributed by atoms with Gasteiger partial charge in [0.2, 0.25) is 5.91 Å². The molecule has 0 aromatic rings. The average Bonchev–Trinajstić information content (AvgIpc) is 2.41. The highest BCUT2D eigenvalue weighted by Crippen LogP contribution is 2.36. The zero-order chi connectivity index (χ0) is 14.6. The lowest BCUT2D eigenvalue weighted by Crippen LogP contribution is -2.55. The predicted molar refractivity (Wildman–Crippen MR) is 74.3 cm³/mol. The lowest BCUT2D eigenvalue weighted by atomic mass is 9.73. The van der Waals surface area contributed by atoms with Gasteiger partial charge < -0.3 is 15.2 Å².